The SMILES string of the molecule is COCn1nc(Cc2cccc(Cl)c2)nc1-c1ccc(Br)cc1. The first kappa shape index (κ1) is 16.2. The van der Waals surface area contributed by atoms with Gasteiger partial charge in [0.25, 0.3) is 0 Å². The third kappa shape index (κ3) is 3.99. The van der Waals surface area contributed by atoms with Gasteiger partial charge in [-0.05, 0) is 29.8 Å². The molecular formula is C17H15BrClN3O. The molecule has 0 saturated carbocycles. The Balaban J connectivity index is 1.93. The van der Waals surface area contributed by atoms with Crippen molar-refractivity contribution in [2.24, 2.45) is 0 Å². The van der Waals surface area contributed by atoms with Crippen LogP contribution in [0.3, 0.4) is 0 Å². The van der Waals surface area contributed by atoms with Gasteiger partial charge in [0.1, 0.15) is 6.73 Å². The van der Waals surface area contributed by atoms with Gasteiger partial charge < -0.3 is 4.74 Å². The van der Waals surface area contributed by atoms with E-state index in [0.717, 1.165) is 27.2 Å². The number of rotatable bonds is 5. The van der Waals surface area contributed by atoms with Gasteiger partial charge in [0, 0.05) is 28.6 Å². The number of ether oxygens (including phenoxy) is 1. The Bertz CT molecular complexity index is 802. The standard InChI is InChI=1S/C17H15BrClN3O/c1-23-11-22-17(13-5-7-14(18)8-6-13)20-16(21-22)10-12-3-2-4-15(19)9-12/h2-9H,10-11H2,1H3. The van der Waals surface area contributed by atoms with Crippen LogP contribution in [0.15, 0.2) is 53.0 Å². The maximum Gasteiger partial charge on any atom is 0.160 e. The molecule has 0 spiro atoms. The summed E-state index contributed by atoms with van der Waals surface area (Å²) in [5, 5.41) is 5.26. The van der Waals surface area contributed by atoms with Gasteiger partial charge in [-0.1, -0.05) is 51.8 Å². The average Bonchev–Trinajstić information content (AvgIpc) is 2.91. The van der Waals surface area contributed by atoms with E-state index in [2.05, 4.69) is 26.0 Å². The number of hydrogen-bond acceptors (Lipinski definition) is 3. The first-order valence-corrected chi connectivity index (χ1v) is 8.26. The molecule has 0 fully saturated rings. The van der Waals surface area contributed by atoms with Crippen LogP contribution in [-0.2, 0) is 17.9 Å². The summed E-state index contributed by atoms with van der Waals surface area (Å²) in [6, 6.07) is 15.7. The van der Waals surface area contributed by atoms with Gasteiger partial charge in [-0.2, -0.15) is 5.10 Å². The highest BCUT2D eigenvalue weighted by Crippen LogP contribution is 2.21. The number of aromatic nitrogens is 3. The van der Waals surface area contributed by atoms with Crippen molar-refractivity contribution >= 4 is 27.5 Å². The molecule has 118 valence electrons. The molecular weight excluding hydrogens is 378 g/mol. The second-order valence-electron chi connectivity index (χ2n) is 5.08. The molecule has 0 amide bonds. The van der Waals surface area contributed by atoms with E-state index in [-0.39, 0.29) is 0 Å². The third-order valence-electron chi connectivity index (χ3n) is 3.32. The van der Waals surface area contributed by atoms with Crippen molar-refractivity contribution in [2.45, 2.75) is 13.2 Å². The van der Waals surface area contributed by atoms with E-state index in [1.54, 1.807) is 11.8 Å². The van der Waals surface area contributed by atoms with Gasteiger partial charge >= 0.3 is 0 Å². The molecule has 0 radical (unpaired) electrons. The fraction of sp³-hybridized carbons (Fsp3) is 0.176. The summed E-state index contributed by atoms with van der Waals surface area (Å²) in [6.45, 7) is 0.355. The zero-order valence-corrected chi connectivity index (χ0v) is 14.9. The summed E-state index contributed by atoms with van der Waals surface area (Å²) in [4.78, 5) is 4.67. The first-order chi connectivity index (χ1) is 11.2. The highest BCUT2D eigenvalue weighted by atomic mass is 79.9. The molecule has 4 nitrogen and oxygen atoms in total. The summed E-state index contributed by atoms with van der Waals surface area (Å²) in [6.07, 6.45) is 0.626. The molecule has 0 unspecified atom stereocenters. The summed E-state index contributed by atoms with van der Waals surface area (Å²) in [5.74, 6) is 1.53. The van der Waals surface area contributed by atoms with E-state index in [1.165, 1.54) is 0 Å². The zero-order valence-electron chi connectivity index (χ0n) is 12.5. The second kappa shape index (κ2) is 7.25. The molecule has 0 saturated heterocycles. The number of benzene rings is 2. The Morgan fingerprint density at radius 3 is 2.65 bits per heavy atom. The highest BCUT2D eigenvalue weighted by Gasteiger charge is 2.12. The van der Waals surface area contributed by atoms with Crippen LogP contribution in [0.2, 0.25) is 5.02 Å². The average molecular weight is 393 g/mol. The Hall–Kier alpha value is -1.69. The van der Waals surface area contributed by atoms with E-state index in [0.29, 0.717) is 18.2 Å². The van der Waals surface area contributed by atoms with Crippen LogP contribution in [-0.4, -0.2) is 21.9 Å². The maximum atomic E-state index is 6.04. The largest absolute Gasteiger partial charge is 0.362 e. The summed E-state index contributed by atoms with van der Waals surface area (Å²) in [7, 11) is 1.64. The first-order valence-electron chi connectivity index (χ1n) is 7.09. The van der Waals surface area contributed by atoms with E-state index >= 15 is 0 Å². The van der Waals surface area contributed by atoms with Gasteiger partial charge in [0.15, 0.2) is 11.6 Å². The number of halogens is 2. The molecule has 3 aromatic rings. The smallest absolute Gasteiger partial charge is 0.160 e. The predicted octanol–water partition coefficient (Wildman–Crippen LogP) is 4.56. The van der Waals surface area contributed by atoms with E-state index in [4.69, 9.17) is 16.3 Å². The van der Waals surface area contributed by atoms with Crippen molar-refractivity contribution in [2.75, 3.05) is 7.11 Å². The van der Waals surface area contributed by atoms with Crippen LogP contribution in [0.5, 0.6) is 0 Å². The van der Waals surface area contributed by atoms with Crippen LogP contribution in [0.1, 0.15) is 11.4 Å². The van der Waals surface area contributed by atoms with Gasteiger partial charge in [-0.3, -0.25) is 0 Å². The van der Waals surface area contributed by atoms with E-state index in [1.807, 2.05) is 48.5 Å². The Labute approximate surface area is 148 Å². The van der Waals surface area contributed by atoms with Crippen molar-refractivity contribution in [3.05, 3.63) is 69.4 Å². The molecule has 0 aliphatic heterocycles. The van der Waals surface area contributed by atoms with Gasteiger partial charge in [0.05, 0.1) is 0 Å². The molecule has 6 heteroatoms. The lowest BCUT2D eigenvalue weighted by Crippen LogP contribution is -2.04. The summed E-state index contributed by atoms with van der Waals surface area (Å²) >= 11 is 9.48. The van der Waals surface area contributed by atoms with Crippen LogP contribution in [0, 0.1) is 0 Å². The third-order valence-corrected chi connectivity index (χ3v) is 4.08. The van der Waals surface area contributed by atoms with Crippen LogP contribution < -0.4 is 0 Å². The summed E-state index contributed by atoms with van der Waals surface area (Å²) < 4.78 is 8.02. The Kier molecular flexibility index (Phi) is 5.10. The molecule has 2 aromatic carbocycles. The van der Waals surface area contributed by atoms with Crippen molar-refractivity contribution in [1.82, 2.24) is 14.8 Å². The van der Waals surface area contributed by atoms with E-state index in [9.17, 15) is 0 Å². The van der Waals surface area contributed by atoms with E-state index < -0.39 is 0 Å². The molecule has 0 atom stereocenters. The fourth-order valence-corrected chi connectivity index (χ4v) is 2.80. The minimum atomic E-state index is 0.355. The highest BCUT2D eigenvalue weighted by molar-refractivity contribution is 9.10. The predicted molar refractivity (Wildman–Crippen MR) is 94.4 cm³/mol. The lowest BCUT2D eigenvalue weighted by Gasteiger charge is -2.04. The Morgan fingerprint density at radius 1 is 1.17 bits per heavy atom. The second-order valence-corrected chi connectivity index (χ2v) is 6.43. The van der Waals surface area contributed by atoms with Crippen LogP contribution in [0.25, 0.3) is 11.4 Å². The lowest BCUT2D eigenvalue weighted by molar-refractivity contribution is 0.121. The Morgan fingerprint density at radius 2 is 1.96 bits per heavy atom. The van der Waals surface area contributed by atoms with Crippen molar-refractivity contribution in [3.8, 4) is 11.4 Å². The van der Waals surface area contributed by atoms with Gasteiger partial charge in [-0.15, -0.1) is 0 Å². The van der Waals surface area contributed by atoms with Crippen molar-refractivity contribution in [3.63, 3.8) is 0 Å². The topological polar surface area (TPSA) is 39.9 Å². The molecule has 0 aliphatic rings. The minimum absolute atomic E-state index is 0.355. The molecule has 23 heavy (non-hydrogen) atoms. The zero-order chi connectivity index (χ0) is 16.2. The lowest BCUT2D eigenvalue weighted by atomic mass is 10.1. The molecule has 1 heterocycles. The number of hydrogen-bond donors (Lipinski definition) is 0. The van der Waals surface area contributed by atoms with Crippen LogP contribution in [0.4, 0.5) is 0 Å². The van der Waals surface area contributed by atoms with Gasteiger partial charge in [0.2, 0.25) is 0 Å². The molecule has 0 N–H and O–H groups in total. The van der Waals surface area contributed by atoms with Crippen molar-refractivity contribution in [1.29, 1.82) is 0 Å². The maximum absolute atomic E-state index is 6.04. The minimum Gasteiger partial charge on any atom is -0.362 e. The van der Waals surface area contributed by atoms with Crippen molar-refractivity contribution < 1.29 is 4.74 Å². The molecule has 0 bridgehead atoms. The quantitative estimate of drug-likeness (QED) is 0.639. The normalized spacial score (nSPS) is 10.9. The van der Waals surface area contributed by atoms with Gasteiger partial charge in [-0.25, -0.2) is 9.67 Å². The fourth-order valence-electron chi connectivity index (χ4n) is 2.32. The summed E-state index contributed by atoms with van der Waals surface area (Å²) in [5.41, 5.74) is 2.07. The molecule has 3 rings (SSSR count). The molecule has 1 aromatic heterocycles. The number of nitrogens with zero attached hydrogens (tertiary/aromatic N) is 3. The monoisotopic (exact) mass is 391 g/mol. The number of methoxy groups -OCH3 is 1. The van der Waals surface area contributed by atoms with Crippen LogP contribution >= 0.6 is 27.5 Å². The molecule has 0 aliphatic carbocycles.